The van der Waals surface area contributed by atoms with Crippen LogP contribution in [0.4, 0.5) is 15.0 Å². The van der Waals surface area contributed by atoms with E-state index in [1.54, 1.807) is 0 Å². The fourth-order valence-electron chi connectivity index (χ4n) is 1.12. The molecule has 0 aromatic heterocycles. The van der Waals surface area contributed by atoms with Crippen molar-refractivity contribution in [3.8, 4) is 5.75 Å². The molecule has 0 aliphatic heterocycles. The summed E-state index contributed by atoms with van der Waals surface area (Å²) in [6.45, 7) is 5.49. The number of benzene rings is 1. The molecule has 17 heavy (non-hydrogen) atoms. The van der Waals surface area contributed by atoms with Crippen LogP contribution < -0.4 is 9.86 Å². The fourth-order valence-corrected chi connectivity index (χ4v) is 1.38. The smallest absolute Gasteiger partial charge is 0.349 e. The molecule has 0 unspecified atom stereocenters. The van der Waals surface area contributed by atoms with Crippen molar-refractivity contribution in [2.24, 2.45) is 0 Å². The van der Waals surface area contributed by atoms with Crippen molar-refractivity contribution in [2.75, 3.05) is 5.12 Å². The normalized spacial score (nSPS) is 11.2. The first kappa shape index (κ1) is 14.1. The van der Waals surface area contributed by atoms with Crippen LogP contribution in [0.15, 0.2) is 18.2 Å². The van der Waals surface area contributed by atoms with Crippen LogP contribution in [0.2, 0.25) is 5.02 Å². The predicted octanol–water partition coefficient (Wildman–Crippen LogP) is 4.57. The fraction of sp³-hybridized carbons (Fsp3) is 0.364. The topological polar surface area (TPSA) is 29.5 Å². The Kier molecular flexibility index (Phi) is 4.22. The molecule has 94 valence electrons. The number of nitrogens with zero attached hydrogens (tertiary/aromatic N) is 1. The van der Waals surface area contributed by atoms with Crippen LogP contribution >= 0.6 is 23.2 Å². The Morgan fingerprint density at radius 1 is 1.41 bits per heavy atom. The highest BCUT2D eigenvalue weighted by molar-refractivity contribution is 6.65. The average molecular weight is 280 g/mol. The molecule has 3 nitrogen and oxygen atoms in total. The summed E-state index contributed by atoms with van der Waals surface area (Å²) in [7, 11) is 0. The summed E-state index contributed by atoms with van der Waals surface area (Å²) >= 11 is 10.9. The van der Waals surface area contributed by atoms with Gasteiger partial charge >= 0.3 is 5.37 Å². The minimum Gasteiger partial charge on any atom is -0.487 e. The maximum atomic E-state index is 13.3. The summed E-state index contributed by atoms with van der Waals surface area (Å²) in [6.07, 6.45) is 0. The SMILES string of the molecule is CC(C)(C)Oc1cc(N(F)C(=O)Cl)ccc1Cl. The number of hydrogen-bond donors (Lipinski definition) is 0. The number of halogens is 3. The van der Waals surface area contributed by atoms with Gasteiger partial charge in [0, 0.05) is 6.07 Å². The first-order valence-electron chi connectivity index (χ1n) is 4.84. The largest absolute Gasteiger partial charge is 0.487 e. The van der Waals surface area contributed by atoms with Crippen molar-refractivity contribution in [3.05, 3.63) is 23.2 Å². The van der Waals surface area contributed by atoms with Crippen molar-refractivity contribution in [1.82, 2.24) is 0 Å². The van der Waals surface area contributed by atoms with Gasteiger partial charge in [-0.15, -0.1) is 5.12 Å². The molecule has 1 amide bonds. The van der Waals surface area contributed by atoms with Gasteiger partial charge in [-0.2, -0.15) is 0 Å². The van der Waals surface area contributed by atoms with Crippen LogP contribution in [0, 0.1) is 0 Å². The Morgan fingerprint density at radius 3 is 2.47 bits per heavy atom. The lowest BCUT2D eigenvalue weighted by molar-refractivity contribution is 0.131. The Morgan fingerprint density at radius 2 is 2.00 bits per heavy atom. The van der Waals surface area contributed by atoms with Gasteiger partial charge in [-0.1, -0.05) is 16.1 Å². The third kappa shape index (κ3) is 4.06. The molecule has 1 rings (SSSR count). The standard InChI is InChI=1S/C11H12Cl2FNO2/c1-11(2,3)17-9-6-7(4-5-8(9)12)15(14)10(13)16/h4-6H,1-3H3. The average Bonchev–Trinajstić information content (AvgIpc) is 2.18. The van der Waals surface area contributed by atoms with E-state index >= 15 is 0 Å². The zero-order valence-corrected chi connectivity index (χ0v) is 11.1. The molecule has 1 aromatic carbocycles. The van der Waals surface area contributed by atoms with Gasteiger partial charge < -0.3 is 4.74 Å². The van der Waals surface area contributed by atoms with Gasteiger partial charge in [-0.25, -0.2) is 0 Å². The van der Waals surface area contributed by atoms with E-state index in [4.69, 9.17) is 27.9 Å². The van der Waals surface area contributed by atoms with Crippen LogP contribution in [-0.4, -0.2) is 11.0 Å². The minimum atomic E-state index is -1.23. The van der Waals surface area contributed by atoms with Gasteiger partial charge in [0.1, 0.15) is 11.4 Å². The van der Waals surface area contributed by atoms with Crippen molar-refractivity contribution >= 4 is 34.3 Å². The lowest BCUT2D eigenvalue weighted by Gasteiger charge is -2.22. The Bertz CT molecular complexity index is 432. The molecular weight excluding hydrogens is 268 g/mol. The number of carbonyl (C=O) groups is 1. The molecule has 0 aliphatic rings. The van der Waals surface area contributed by atoms with E-state index in [9.17, 15) is 9.28 Å². The van der Waals surface area contributed by atoms with Crippen LogP contribution in [0.25, 0.3) is 0 Å². The van der Waals surface area contributed by atoms with Crippen LogP contribution in [-0.2, 0) is 0 Å². The Labute approximate surface area is 109 Å². The molecule has 0 spiro atoms. The van der Waals surface area contributed by atoms with Gasteiger partial charge in [0.25, 0.3) is 0 Å². The van der Waals surface area contributed by atoms with E-state index in [0.29, 0.717) is 5.02 Å². The molecule has 0 fully saturated rings. The number of carbonyl (C=O) groups excluding carboxylic acids is 1. The molecule has 0 bridgehead atoms. The van der Waals surface area contributed by atoms with Crippen LogP contribution in [0.3, 0.4) is 0 Å². The highest BCUT2D eigenvalue weighted by Gasteiger charge is 2.18. The van der Waals surface area contributed by atoms with Crippen molar-refractivity contribution in [3.63, 3.8) is 0 Å². The van der Waals surface area contributed by atoms with Crippen LogP contribution in [0.1, 0.15) is 20.8 Å². The van der Waals surface area contributed by atoms with E-state index in [0.717, 1.165) is 0 Å². The molecule has 0 atom stereocenters. The van der Waals surface area contributed by atoms with Crippen molar-refractivity contribution in [1.29, 1.82) is 0 Å². The molecule has 0 N–H and O–H groups in total. The van der Waals surface area contributed by atoms with Gasteiger partial charge in [-0.05, 0) is 44.5 Å². The van der Waals surface area contributed by atoms with E-state index in [1.807, 2.05) is 20.8 Å². The molecule has 1 aromatic rings. The second kappa shape index (κ2) is 5.10. The zero-order valence-electron chi connectivity index (χ0n) is 9.63. The highest BCUT2D eigenvalue weighted by Crippen LogP contribution is 2.32. The number of ether oxygens (including phenoxy) is 1. The second-order valence-electron chi connectivity index (χ2n) is 4.36. The monoisotopic (exact) mass is 279 g/mol. The molecule has 0 aliphatic carbocycles. The summed E-state index contributed by atoms with van der Waals surface area (Å²) in [6, 6.07) is 4.08. The number of rotatable bonds is 2. The first-order chi connectivity index (χ1) is 7.70. The maximum Gasteiger partial charge on any atom is 0.349 e. The van der Waals surface area contributed by atoms with Gasteiger partial charge in [0.05, 0.1) is 10.7 Å². The lowest BCUT2D eigenvalue weighted by atomic mass is 10.2. The van der Waals surface area contributed by atoms with Gasteiger partial charge in [0.2, 0.25) is 0 Å². The summed E-state index contributed by atoms with van der Waals surface area (Å²) in [5, 5.41) is -1.08. The second-order valence-corrected chi connectivity index (χ2v) is 5.09. The zero-order chi connectivity index (χ0) is 13.2. The van der Waals surface area contributed by atoms with E-state index < -0.39 is 11.0 Å². The van der Waals surface area contributed by atoms with E-state index in [2.05, 4.69) is 0 Å². The molecule has 0 radical (unpaired) electrons. The van der Waals surface area contributed by atoms with E-state index in [-0.39, 0.29) is 16.6 Å². The predicted molar refractivity (Wildman–Crippen MR) is 66.7 cm³/mol. The minimum absolute atomic E-state index is 0.0337. The molecule has 0 saturated carbocycles. The van der Waals surface area contributed by atoms with E-state index in [1.165, 1.54) is 18.2 Å². The summed E-state index contributed by atoms with van der Waals surface area (Å²) in [5.74, 6) is 0.289. The lowest BCUT2D eigenvalue weighted by Crippen LogP contribution is -2.23. The number of amides is 1. The number of anilines is 1. The molecule has 0 heterocycles. The number of hydrogen-bond acceptors (Lipinski definition) is 2. The summed E-state index contributed by atoms with van der Waals surface area (Å²) in [4.78, 5) is 10.7. The third-order valence-corrected chi connectivity index (χ3v) is 2.17. The first-order valence-corrected chi connectivity index (χ1v) is 5.60. The van der Waals surface area contributed by atoms with Gasteiger partial charge in [-0.3, -0.25) is 4.79 Å². The highest BCUT2D eigenvalue weighted by atomic mass is 35.5. The maximum absolute atomic E-state index is 13.3. The van der Waals surface area contributed by atoms with Gasteiger partial charge in [0.15, 0.2) is 0 Å². The van der Waals surface area contributed by atoms with Crippen LogP contribution in [0.5, 0.6) is 5.75 Å². The van der Waals surface area contributed by atoms with Crippen molar-refractivity contribution < 1.29 is 14.0 Å². The summed E-state index contributed by atoms with van der Waals surface area (Å²) < 4.78 is 18.8. The Balaban J connectivity index is 3.06. The Hall–Kier alpha value is -1.00. The molecule has 6 heteroatoms. The quantitative estimate of drug-likeness (QED) is 0.451. The summed E-state index contributed by atoms with van der Waals surface area (Å²) in [5.41, 5.74) is -0.511. The third-order valence-electron chi connectivity index (χ3n) is 1.71. The molecule has 0 saturated heterocycles. The van der Waals surface area contributed by atoms with Crippen molar-refractivity contribution in [2.45, 2.75) is 26.4 Å². The molecular formula is C11H12Cl2FNO2.